The van der Waals surface area contributed by atoms with Crippen molar-refractivity contribution in [3.63, 3.8) is 0 Å². The van der Waals surface area contributed by atoms with Crippen LogP contribution in [0.25, 0.3) is 0 Å². The topological polar surface area (TPSA) is 93.9 Å². The first-order chi connectivity index (χ1) is 11.5. The van der Waals surface area contributed by atoms with E-state index in [1.54, 1.807) is 6.92 Å². The lowest BCUT2D eigenvalue weighted by Crippen LogP contribution is -2.46. The Morgan fingerprint density at radius 1 is 1.25 bits per heavy atom. The van der Waals surface area contributed by atoms with E-state index in [1.807, 2.05) is 32.0 Å². The number of benzene rings is 1. The Morgan fingerprint density at radius 2 is 1.92 bits per heavy atom. The number of ether oxygens (including phenoxy) is 2. The number of imide groups is 1. The average Bonchev–Trinajstić information content (AvgIpc) is 2.54. The summed E-state index contributed by atoms with van der Waals surface area (Å²) in [4.78, 5) is 24.7. The number of carbonyl (C=O) groups is 2. The van der Waals surface area contributed by atoms with Gasteiger partial charge in [0.2, 0.25) is 0 Å². The number of amides is 3. The fourth-order valence-electron chi connectivity index (χ4n) is 2.17. The molecule has 7 nitrogen and oxygen atoms in total. The second-order valence-corrected chi connectivity index (χ2v) is 5.29. The summed E-state index contributed by atoms with van der Waals surface area (Å²) in [5.41, 5.74) is 7.58. The number of carbonyl (C=O) groups excluding carboxylic acids is 2. The van der Waals surface area contributed by atoms with Crippen molar-refractivity contribution in [2.24, 2.45) is 5.73 Å². The maximum Gasteiger partial charge on any atom is 0.418 e. The predicted molar refractivity (Wildman–Crippen MR) is 92.2 cm³/mol. The van der Waals surface area contributed by atoms with Gasteiger partial charge < -0.3 is 20.5 Å². The maximum absolute atomic E-state index is 12.0. The van der Waals surface area contributed by atoms with Gasteiger partial charge in [-0.1, -0.05) is 18.2 Å². The molecular weight excluding hydrogens is 310 g/mol. The van der Waals surface area contributed by atoms with Crippen molar-refractivity contribution in [2.75, 3.05) is 32.8 Å². The smallest absolute Gasteiger partial charge is 0.418 e. The minimum absolute atomic E-state index is 0.115. The molecule has 1 rings (SSSR count). The van der Waals surface area contributed by atoms with Gasteiger partial charge >= 0.3 is 12.1 Å². The lowest BCUT2D eigenvalue weighted by molar-refractivity contribution is 0.115. The fraction of sp³-hybridized carbons (Fsp3) is 0.529. The minimum atomic E-state index is -0.688. The Bertz CT molecular complexity index is 528. The average molecular weight is 337 g/mol. The van der Waals surface area contributed by atoms with E-state index in [-0.39, 0.29) is 19.7 Å². The van der Waals surface area contributed by atoms with Crippen LogP contribution in [0, 0.1) is 13.8 Å². The highest BCUT2D eigenvalue weighted by Gasteiger charge is 2.21. The number of rotatable bonds is 8. The SMILES string of the molecule is CCOC(=O)N(CCN)C(=O)NCCCOc1c(C)cccc1C. The van der Waals surface area contributed by atoms with Crippen molar-refractivity contribution in [3.8, 4) is 5.75 Å². The van der Waals surface area contributed by atoms with Crippen molar-refractivity contribution in [1.29, 1.82) is 0 Å². The molecule has 7 heteroatoms. The van der Waals surface area contributed by atoms with Gasteiger partial charge in [0.15, 0.2) is 0 Å². The van der Waals surface area contributed by atoms with Crippen LogP contribution in [-0.4, -0.2) is 49.9 Å². The number of nitrogens with zero attached hydrogens (tertiary/aromatic N) is 1. The van der Waals surface area contributed by atoms with Crippen LogP contribution in [0.5, 0.6) is 5.75 Å². The summed E-state index contributed by atoms with van der Waals surface area (Å²) in [6.45, 7) is 7.04. The molecule has 0 saturated heterocycles. The number of hydrogen-bond acceptors (Lipinski definition) is 5. The molecule has 134 valence electrons. The maximum atomic E-state index is 12.0. The summed E-state index contributed by atoms with van der Waals surface area (Å²) in [7, 11) is 0. The molecule has 0 fully saturated rings. The third kappa shape index (κ3) is 6.08. The summed E-state index contributed by atoms with van der Waals surface area (Å²) in [5.74, 6) is 0.875. The minimum Gasteiger partial charge on any atom is -0.493 e. The summed E-state index contributed by atoms with van der Waals surface area (Å²) in [5, 5.41) is 2.67. The van der Waals surface area contributed by atoms with Crippen LogP contribution in [0.4, 0.5) is 9.59 Å². The summed E-state index contributed by atoms with van der Waals surface area (Å²) >= 11 is 0. The summed E-state index contributed by atoms with van der Waals surface area (Å²) < 4.78 is 10.6. The van der Waals surface area contributed by atoms with Gasteiger partial charge in [0.25, 0.3) is 0 Å². The zero-order chi connectivity index (χ0) is 17.9. The standard InChI is InChI=1S/C17H27N3O4/c1-4-23-17(22)20(11-9-18)16(21)19-10-6-12-24-15-13(2)7-5-8-14(15)3/h5,7-8H,4,6,9-12,18H2,1-3H3,(H,19,21). The van der Waals surface area contributed by atoms with E-state index < -0.39 is 12.1 Å². The first-order valence-electron chi connectivity index (χ1n) is 8.12. The van der Waals surface area contributed by atoms with E-state index in [0.717, 1.165) is 21.8 Å². The molecule has 0 radical (unpaired) electrons. The molecule has 0 atom stereocenters. The van der Waals surface area contributed by atoms with Gasteiger partial charge in [-0.05, 0) is 38.3 Å². The van der Waals surface area contributed by atoms with E-state index in [2.05, 4.69) is 5.32 Å². The Hall–Kier alpha value is -2.28. The highest BCUT2D eigenvalue weighted by molar-refractivity contribution is 5.90. The van der Waals surface area contributed by atoms with Crippen molar-refractivity contribution in [1.82, 2.24) is 10.2 Å². The van der Waals surface area contributed by atoms with Crippen molar-refractivity contribution in [2.45, 2.75) is 27.2 Å². The molecule has 0 saturated carbocycles. The van der Waals surface area contributed by atoms with Gasteiger partial charge in [0.1, 0.15) is 5.75 Å². The second-order valence-electron chi connectivity index (χ2n) is 5.29. The lowest BCUT2D eigenvalue weighted by atomic mass is 10.1. The van der Waals surface area contributed by atoms with Gasteiger partial charge in [-0.2, -0.15) is 0 Å². The van der Waals surface area contributed by atoms with Crippen LogP contribution in [0.1, 0.15) is 24.5 Å². The third-order valence-corrected chi connectivity index (χ3v) is 3.34. The molecule has 3 amide bonds. The van der Waals surface area contributed by atoms with Crippen LogP contribution < -0.4 is 15.8 Å². The molecule has 0 bridgehead atoms. The van der Waals surface area contributed by atoms with E-state index in [9.17, 15) is 9.59 Å². The van der Waals surface area contributed by atoms with Crippen LogP contribution >= 0.6 is 0 Å². The number of aryl methyl sites for hydroxylation is 2. The normalized spacial score (nSPS) is 10.2. The number of nitrogens with two attached hydrogens (primary N) is 1. The first-order valence-corrected chi connectivity index (χ1v) is 8.12. The van der Waals surface area contributed by atoms with Gasteiger partial charge in [-0.3, -0.25) is 0 Å². The monoisotopic (exact) mass is 337 g/mol. The third-order valence-electron chi connectivity index (χ3n) is 3.34. The van der Waals surface area contributed by atoms with Crippen LogP contribution in [-0.2, 0) is 4.74 Å². The second kappa shape index (κ2) is 10.5. The molecular formula is C17H27N3O4. The number of nitrogens with one attached hydrogen (secondary N) is 1. The molecule has 0 spiro atoms. The quantitative estimate of drug-likeness (QED) is 0.709. The molecule has 0 aromatic heterocycles. The molecule has 0 unspecified atom stereocenters. The predicted octanol–water partition coefficient (Wildman–Crippen LogP) is 2.20. The number of para-hydroxylation sites is 1. The molecule has 0 aliphatic heterocycles. The summed E-state index contributed by atoms with van der Waals surface area (Å²) in [6.07, 6.45) is -0.0639. The highest BCUT2D eigenvalue weighted by atomic mass is 16.6. The highest BCUT2D eigenvalue weighted by Crippen LogP contribution is 2.22. The molecule has 1 aromatic rings. The Kier molecular flexibility index (Phi) is 8.64. The Labute approximate surface area is 143 Å². The first kappa shape index (κ1) is 19.8. The Balaban J connectivity index is 2.37. The Morgan fingerprint density at radius 3 is 2.50 bits per heavy atom. The molecule has 0 aliphatic carbocycles. The van der Waals surface area contributed by atoms with Crippen LogP contribution in [0.3, 0.4) is 0 Å². The zero-order valence-electron chi connectivity index (χ0n) is 14.6. The van der Waals surface area contributed by atoms with Crippen molar-refractivity contribution >= 4 is 12.1 Å². The van der Waals surface area contributed by atoms with Crippen molar-refractivity contribution in [3.05, 3.63) is 29.3 Å². The zero-order valence-corrected chi connectivity index (χ0v) is 14.6. The van der Waals surface area contributed by atoms with E-state index in [1.165, 1.54) is 0 Å². The molecule has 3 N–H and O–H groups in total. The van der Waals surface area contributed by atoms with Crippen molar-refractivity contribution < 1.29 is 19.1 Å². The summed E-state index contributed by atoms with van der Waals surface area (Å²) in [6, 6.07) is 5.47. The number of hydrogen-bond donors (Lipinski definition) is 2. The van der Waals surface area contributed by atoms with Crippen LogP contribution in [0.15, 0.2) is 18.2 Å². The molecule has 0 aliphatic rings. The van der Waals surface area contributed by atoms with Gasteiger partial charge in [-0.25, -0.2) is 14.5 Å². The molecule has 0 heterocycles. The lowest BCUT2D eigenvalue weighted by Gasteiger charge is -2.19. The van der Waals surface area contributed by atoms with Gasteiger partial charge in [-0.15, -0.1) is 0 Å². The molecule has 1 aromatic carbocycles. The van der Waals surface area contributed by atoms with E-state index >= 15 is 0 Å². The van der Waals surface area contributed by atoms with E-state index in [4.69, 9.17) is 15.2 Å². The fourth-order valence-corrected chi connectivity index (χ4v) is 2.17. The van der Waals surface area contributed by atoms with Gasteiger partial charge in [0, 0.05) is 19.6 Å². The number of urea groups is 1. The molecule has 24 heavy (non-hydrogen) atoms. The van der Waals surface area contributed by atoms with Gasteiger partial charge in [0.05, 0.1) is 13.2 Å². The van der Waals surface area contributed by atoms with E-state index in [0.29, 0.717) is 19.6 Å². The van der Waals surface area contributed by atoms with Crippen LogP contribution in [0.2, 0.25) is 0 Å². The largest absolute Gasteiger partial charge is 0.493 e.